The van der Waals surface area contributed by atoms with Gasteiger partial charge in [0.2, 0.25) is 6.04 Å². The molecule has 0 saturated carbocycles. The van der Waals surface area contributed by atoms with E-state index >= 15 is 0 Å². The number of methoxy groups -OCH3 is 1. The van der Waals surface area contributed by atoms with Crippen LogP contribution in [0.4, 0.5) is 4.79 Å². The van der Waals surface area contributed by atoms with Crippen molar-refractivity contribution in [3.63, 3.8) is 0 Å². The molecule has 1 atom stereocenters. The van der Waals surface area contributed by atoms with Gasteiger partial charge in [-0.2, -0.15) is 14.3 Å². The molecule has 0 aliphatic carbocycles. The van der Waals surface area contributed by atoms with Crippen LogP contribution in [0.1, 0.15) is 11.1 Å². The summed E-state index contributed by atoms with van der Waals surface area (Å²) in [5.41, 5.74) is 1.96. The first kappa shape index (κ1) is 21.2. The van der Waals surface area contributed by atoms with Crippen molar-refractivity contribution < 1.29 is 28.4 Å². The first-order chi connectivity index (χ1) is 15.6. The average molecular weight is 432 g/mol. The summed E-state index contributed by atoms with van der Waals surface area (Å²) < 4.78 is 11.7. The number of aliphatic imine (C=N–C) groups is 1. The average Bonchev–Trinajstić information content (AvgIpc) is 2.84. The standard InChI is InChI=1S/C24H22N3O5/c1-31-19-11-9-17(10-12-19)14-27-23(29)22-20(8-5-13-25-22)26(24(27)30)15-21(28)32-16-18-6-3-2-4-7-18/h2-13,22H,14-16H2,1H3/q+1. The summed E-state index contributed by atoms with van der Waals surface area (Å²) in [5.74, 6) is -0.337. The number of nitrogens with zero attached hydrogens (tertiary/aromatic N) is 3. The van der Waals surface area contributed by atoms with E-state index in [0.717, 1.165) is 16.0 Å². The highest BCUT2D eigenvalue weighted by Crippen LogP contribution is 2.19. The van der Waals surface area contributed by atoms with Gasteiger partial charge in [0.05, 0.1) is 7.11 Å². The zero-order valence-electron chi connectivity index (χ0n) is 17.5. The van der Waals surface area contributed by atoms with E-state index in [1.54, 1.807) is 43.5 Å². The van der Waals surface area contributed by atoms with Crippen molar-refractivity contribution in [2.24, 2.45) is 4.99 Å². The summed E-state index contributed by atoms with van der Waals surface area (Å²) in [6.45, 7) is -0.160. The molecule has 0 aromatic heterocycles. The Labute approximate surface area is 185 Å². The number of allylic oxidation sites excluding steroid dienone is 1. The second-order valence-electron chi connectivity index (χ2n) is 7.27. The van der Waals surface area contributed by atoms with Crippen LogP contribution >= 0.6 is 0 Å². The topological polar surface area (TPSA) is 88.3 Å². The van der Waals surface area contributed by atoms with Gasteiger partial charge in [0.15, 0.2) is 6.54 Å². The third kappa shape index (κ3) is 4.49. The maximum absolute atomic E-state index is 13.2. The number of fused-ring (bicyclic) bond motifs is 1. The smallest absolute Gasteiger partial charge is 0.497 e. The van der Waals surface area contributed by atoms with E-state index in [1.165, 1.54) is 10.8 Å². The van der Waals surface area contributed by atoms with E-state index in [1.807, 2.05) is 30.3 Å². The first-order valence-electron chi connectivity index (χ1n) is 10.1. The summed E-state index contributed by atoms with van der Waals surface area (Å²) in [7, 11) is 1.56. The van der Waals surface area contributed by atoms with Crippen LogP contribution in [0.2, 0.25) is 0 Å². The molecule has 0 spiro atoms. The Morgan fingerprint density at radius 3 is 2.53 bits per heavy atom. The number of amides is 3. The van der Waals surface area contributed by atoms with Crippen molar-refractivity contribution in [1.29, 1.82) is 0 Å². The largest absolute Gasteiger partial charge is 0.501 e. The number of imide groups is 1. The van der Waals surface area contributed by atoms with Gasteiger partial charge in [-0.1, -0.05) is 42.5 Å². The predicted octanol–water partition coefficient (Wildman–Crippen LogP) is 2.36. The monoisotopic (exact) mass is 432 g/mol. The number of urea groups is 1. The zero-order valence-corrected chi connectivity index (χ0v) is 17.5. The van der Waals surface area contributed by atoms with Gasteiger partial charge >= 0.3 is 17.9 Å². The Kier molecular flexibility index (Phi) is 6.21. The molecule has 0 fully saturated rings. The Balaban J connectivity index is 1.54. The highest BCUT2D eigenvalue weighted by Gasteiger charge is 2.48. The number of ether oxygens (including phenoxy) is 2. The molecule has 2 aliphatic rings. The van der Waals surface area contributed by atoms with Gasteiger partial charge in [0.25, 0.3) is 0 Å². The SMILES string of the molecule is COc1ccc(CN2C(=O)C3N=CC=CC3=[N+](CC(=O)OCc3ccccc3)C2=O)cc1. The normalized spacial score (nSPS) is 17.4. The van der Waals surface area contributed by atoms with Crippen molar-refractivity contribution in [3.05, 3.63) is 77.9 Å². The lowest BCUT2D eigenvalue weighted by molar-refractivity contribution is -0.431. The van der Waals surface area contributed by atoms with Gasteiger partial charge in [-0.3, -0.25) is 4.99 Å². The second kappa shape index (κ2) is 9.38. The molecule has 4 rings (SSSR count). The van der Waals surface area contributed by atoms with E-state index in [0.29, 0.717) is 11.5 Å². The predicted molar refractivity (Wildman–Crippen MR) is 117 cm³/mol. The molecule has 0 bridgehead atoms. The summed E-state index contributed by atoms with van der Waals surface area (Å²) >= 11 is 0. The maximum atomic E-state index is 13.2. The summed E-state index contributed by atoms with van der Waals surface area (Å²) in [5, 5.41) is 0. The minimum Gasteiger partial charge on any atom is -0.497 e. The number of rotatable bonds is 7. The number of esters is 1. The van der Waals surface area contributed by atoms with Gasteiger partial charge in [-0.25, -0.2) is 9.59 Å². The fourth-order valence-corrected chi connectivity index (χ4v) is 3.50. The third-order valence-electron chi connectivity index (χ3n) is 5.17. The Morgan fingerprint density at radius 1 is 1.06 bits per heavy atom. The summed E-state index contributed by atoms with van der Waals surface area (Å²) in [4.78, 5) is 44.1. The van der Waals surface area contributed by atoms with Crippen molar-refractivity contribution >= 4 is 29.8 Å². The second-order valence-corrected chi connectivity index (χ2v) is 7.27. The lowest BCUT2D eigenvalue weighted by Crippen LogP contribution is -2.57. The number of carbonyl (C=O) groups is 3. The molecule has 1 unspecified atom stereocenters. The number of carbonyl (C=O) groups excluding carboxylic acids is 3. The van der Waals surface area contributed by atoms with Crippen LogP contribution in [0.3, 0.4) is 0 Å². The van der Waals surface area contributed by atoms with Crippen molar-refractivity contribution in [1.82, 2.24) is 4.90 Å². The molecule has 2 aromatic rings. The van der Waals surface area contributed by atoms with Crippen LogP contribution in [-0.4, -0.2) is 59.0 Å². The molecule has 2 aliphatic heterocycles. The lowest BCUT2D eigenvalue weighted by Gasteiger charge is -2.26. The van der Waals surface area contributed by atoms with Crippen LogP contribution < -0.4 is 4.74 Å². The highest BCUT2D eigenvalue weighted by atomic mass is 16.5. The molecular formula is C24H22N3O5+. The van der Waals surface area contributed by atoms with Crippen molar-refractivity contribution in [3.8, 4) is 5.75 Å². The lowest BCUT2D eigenvalue weighted by atomic mass is 10.0. The molecule has 8 heteroatoms. The third-order valence-corrected chi connectivity index (χ3v) is 5.17. The van der Waals surface area contributed by atoms with Crippen LogP contribution in [0.15, 0.2) is 71.7 Å². The Bertz CT molecular complexity index is 1120. The summed E-state index contributed by atoms with van der Waals surface area (Å²) in [6, 6.07) is 14.9. The molecule has 2 aromatic carbocycles. The number of benzene rings is 2. The molecule has 0 radical (unpaired) electrons. The molecular weight excluding hydrogens is 410 g/mol. The molecule has 32 heavy (non-hydrogen) atoms. The van der Waals surface area contributed by atoms with E-state index in [2.05, 4.69) is 4.99 Å². The fourth-order valence-electron chi connectivity index (χ4n) is 3.50. The molecule has 8 nitrogen and oxygen atoms in total. The zero-order chi connectivity index (χ0) is 22.5. The van der Waals surface area contributed by atoms with Crippen molar-refractivity contribution in [2.45, 2.75) is 19.2 Å². The van der Waals surface area contributed by atoms with E-state index < -0.39 is 23.9 Å². The molecule has 0 saturated heterocycles. The molecule has 3 amide bonds. The fraction of sp³-hybridized carbons (Fsp3) is 0.208. The number of hydrogen-bond donors (Lipinski definition) is 0. The van der Waals surface area contributed by atoms with Gasteiger partial charge in [-0.15, -0.1) is 0 Å². The van der Waals surface area contributed by atoms with Gasteiger partial charge in [0, 0.05) is 6.21 Å². The van der Waals surface area contributed by atoms with Crippen LogP contribution in [-0.2, 0) is 27.5 Å². The van der Waals surface area contributed by atoms with Gasteiger partial charge < -0.3 is 9.47 Å². The van der Waals surface area contributed by atoms with E-state index in [9.17, 15) is 14.4 Å². The van der Waals surface area contributed by atoms with Crippen LogP contribution in [0, 0.1) is 0 Å². The minimum atomic E-state index is -0.877. The number of dihydropyridines is 1. The maximum Gasteiger partial charge on any atom is 0.501 e. The van der Waals surface area contributed by atoms with Gasteiger partial charge in [-0.05, 0) is 35.4 Å². The van der Waals surface area contributed by atoms with Gasteiger partial charge in [0.1, 0.15) is 24.6 Å². The molecule has 0 N–H and O–H groups in total. The van der Waals surface area contributed by atoms with Crippen LogP contribution in [0.25, 0.3) is 0 Å². The Hall–Kier alpha value is -4.07. The number of hydrogen-bond acceptors (Lipinski definition) is 6. The summed E-state index contributed by atoms with van der Waals surface area (Å²) in [6.07, 6.45) is 4.77. The quantitative estimate of drug-likeness (QED) is 0.495. The Morgan fingerprint density at radius 2 is 1.81 bits per heavy atom. The van der Waals surface area contributed by atoms with Crippen molar-refractivity contribution in [2.75, 3.05) is 13.7 Å². The van der Waals surface area contributed by atoms with E-state index in [-0.39, 0.29) is 19.7 Å². The van der Waals surface area contributed by atoms with E-state index in [4.69, 9.17) is 9.47 Å². The minimum absolute atomic E-state index is 0.0558. The highest BCUT2D eigenvalue weighted by molar-refractivity contribution is 6.20. The first-order valence-corrected chi connectivity index (χ1v) is 10.1. The van der Waals surface area contributed by atoms with Crippen LogP contribution in [0.5, 0.6) is 5.75 Å². The molecule has 2 heterocycles. The molecule has 162 valence electrons.